The first-order valence-electron chi connectivity index (χ1n) is 7.80. The zero-order valence-electron chi connectivity index (χ0n) is 14.5. The largest absolute Gasteiger partial charge is 0.126 e. The number of hydrogen-bond acceptors (Lipinski definition) is 0. The molecule has 114 valence electrons. The molecule has 0 spiro atoms. The number of rotatable bonds is 0. The minimum atomic E-state index is 0. The molecular weight excluding hydrogens is 300 g/mol. The molecule has 0 aliphatic rings. The van der Waals surface area contributed by atoms with E-state index in [1.54, 1.807) is 0 Å². The van der Waals surface area contributed by atoms with E-state index >= 15 is 0 Å². The van der Waals surface area contributed by atoms with E-state index in [1.165, 1.54) is 32.7 Å². The zero-order chi connectivity index (χ0) is 15.4. The third-order valence-electron chi connectivity index (χ3n) is 4.44. The van der Waals surface area contributed by atoms with Crippen molar-refractivity contribution in [3.05, 3.63) is 53.6 Å². The maximum atomic E-state index is 2.38. The van der Waals surface area contributed by atoms with Crippen LogP contribution in [0.2, 0.25) is 0 Å². The Balaban J connectivity index is 0.00000176. The van der Waals surface area contributed by atoms with Crippen LogP contribution >= 0.6 is 0 Å². The summed E-state index contributed by atoms with van der Waals surface area (Å²) in [5, 5.41) is 5.49. The molecule has 3 aromatic carbocycles. The van der Waals surface area contributed by atoms with Crippen LogP contribution in [0.25, 0.3) is 21.5 Å². The van der Waals surface area contributed by atoms with Gasteiger partial charge in [-0.3, -0.25) is 0 Å². The third-order valence-corrected chi connectivity index (χ3v) is 4.44. The van der Waals surface area contributed by atoms with Crippen LogP contribution in [-0.2, 0) is 32.5 Å². The van der Waals surface area contributed by atoms with Crippen molar-refractivity contribution in [3.8, 4) is 0 Å². The van der Waals surface area contributed by atoms with Gasteiger partial charge in [0, 0.05) is 21.7 Å². The van der Waals surface area contributed by atoms with Gasteiger partial charge in [0.15, 0.2) is 0 Å². The molecule has 3 aromatic rings. The van der Waals surface area contributed by atoms with E-state index in [0.717, 1.165) is 0 Å². The Morgan fingerprint density at radius 2 is 1.00 bits per heavy atom. The Bertz CT molecular complexity index is 739. The first-order chi connectivity index (χ1) is 9.66. The minimum absolute atomic E-state index is 0. The van der Waals surface area contributed by atoms with E-state index in [-0.39, 0.29) is 32.5 Å². The van der Waals surface area contributed by atoms with Crippen molar-refractivity contribution in [2.75, 3.05) is 0 Å². The van der Waals surface area contributed by atoms with Crippen molar-refractivity contribution in [1.29, 1.82) is 0 Å². The van der Waals surface area contributed by atoms with E-state index < -0.39 is 0 Å². The van der Waals surface area contributed by atoms with Crippen LogP contribution in [0.4, 0.5) is 0 Å². The Labute approximate surface area is 149 Å². The Hall–Kier alpha value is -0.976. The molecular formula is C21H25Ti-. The van der Waals surface area contributed by atoms with Gasteiger partial charge in [-0.25, -0.2) is 0 Å². The molecule has 0 heterocycles. The second-order valence-electron chi connectivity index (χ2n) is 8.25. The summed E-state index contributed by atoms with van der Waals surface area (Å²) in [6.45, 7) is 13.7. The van der Waals surface area contributed by atoms with Crippen molar-refractivity contribution in [1.82, 2.24) is 0 Å². The molecule has 0 fully saturated rings. The van der Waals surface area contributed by atoms with E-state index in [1.807, 2.05) is 0 Å². The standard InChI is InChI=1S/C21H25.Ti/c1-20(2,3)16-9-7-14-11-15-8-10-17(21(4,5)6)13-19(15)18(14)12-16;/h7-13H,1-6H3;/q-1;. The molecule has 0 bridgehead atoms. The second kappa shape index (κ2) is 5.58. The summed E-state index contributed by atoms with van der Waals surface area (Å²) in [5.74, 6) is 0. The summed E-state index contributed by atoms with van der Waals surface area (Å²) in [7, 11) is 0. The zero-order valence-corrected chi connectivity index (χ0v) is 16.1. The topological polar surface area (TPSA) is 0 Å². The maximum Gasteiger partial charge on any atom is 0 e. The molecule has 0 radical (unpaired) electrons. The van der Waals surface area contributed by atoms with E-state index in [2.05, 4.69) is 84.0 Å². The van der Waals surface area contributed by atoms with E-state index in [9.17, 15) is 0 Å². The quantitative estimate of drug-likeness (QED) is 0.336. The van der Waals surface area contributed by atoms with Crippen LogP contribution in [0, 0.1) is 0 Å². The molecule has 0 amide bonds. The second-order valence-corrected chi connectivity index (χ2v) is 8.25. The van der Waals surface area contributed by atoms with Crippen LogP contribution in [-0.4, -0.2) is 0 Å². The van der Waals surface area contributed by atoms with Crippen molar-refractivity contribution in [2.24, 2.45) is 0 Å². The smallest absolute Gasteiger partial charge is 0 e. The van der Waals surface area contributed by atoms with Crippen molar-refractivity contribution in [2.45, 2.75) is 52.4 Å². The average molecular weight is 325 g/mol. The van der Waals surface area contributed by atoms with Crippen LogP contribution in [0.3, 0.4) is 0 Å². The molecule has 0 aromatic heterocycles. The predicted octanol–water partition coefficient (Wildman–Crippen LogP) is 6.30. The van der Waals surface area contributed by atoms with Crippen molar-refractivity contribution in [3.63, 3.8) is 0 Å². The molecule has 0 N–H and O–H groups in total. The van der Waals surface area contributed by atoms with Gasteiger partial charge in [0.05, 0.1) is 0 Å². The normalized spacial score (nSPS) is 12.6. The molecule has 0 saturated carbocycles. The summed E-state index contributed by atoms with van der Waals surface area (Å²) < 4.78 is 0. The summed E-state index contributed by atoms with van der Waals surface area (Å²) in [6.07, 6.45) is 0. The van der Waals surface area contributed by atoms with Crippen LogP contribution in [0.15, 0.2) is 42.5 Å². The van der Waals surface area contributed by atoms with Crippen molar-refractivity contribution < 1.29 is 21.7 Å². The van der Waals surface area contributed by atoms with E-state index in [4.69, 9.17) is 0 Å². The summed E-state index contributed by atoms with van der Waals surface area (Å²) in [5.41, 5.74) is 3.20. The van der Waals surface area contributed by atoms with Gasteiger partial charge in [-0.05, 0) is 10.8 Å². The van der Waals surface area contributed by atoms with Gasteiger partial charge in [-0.1, -0.05) is 76.9 Å². The van der Waals surface area contributed by atoms with Gasteiger partial charge in [0.1, 0.15) is 0 Å². The SMILES string of the molecule is CC(C)(C)c1ccc2[cH-]c3ccc(C(C)(C)C)cc3c2c1.[Ti]. The monoisotopic (exact) mass is 325 g/mol. The van der Waals surface area contributed by atoms with Gasteiger partial charge >= 0.3 is 0 Å². The summed E-state index contributed by atoms with van der Waals surface area (Å²) in [4.78, 5) is 0. The fourth-order valence-electron chi connectivity index (χ4n) is 2.93. The molecule has 3 rings (SSSR count). The molecule has 0 atom stereocenters. The van der Waals surface area contributed by atoms with Crippen LogP contribution in [0.1, 0.15) is 52.7 Å². The molecule has 0 saturated heterocycles. The minimum Gasteiger partial charge on any atom is -0.126 e. The summed E-state index contributed by atoms with van der Waals surface area (Å²) in [6, 6.07) is 16.1. The molecule has 0 nitrogen and oxygen atoms in total. The van der Waals surface area contributed by atoms with Gasteiger partial charge in [0.25, 0.3) is 0 Å². The Morgan fingerprint density at radius 1 is 0.636 bits per heavy atom. The fourth-order valence-corrected chi connectivity index (χ4v) is 2.93. The van der Waals surface area contributed by atoms with Gasteiger partial charge < -0.3 is 0 Å². The molecule has 0 aliphatic carbocycles. The molecule has 0 aliphatic heterocycles. The van der Waals surface area contributed by atoms with Gasteiger partial charge in [0.2, 0.25) is 0 Å². The Kier molecular flexibility index (Phi) is 4.41. The molecule has 0 unspecified atom stereocenters. The van der Waals surface area contributed by atoms with Crippen LogP contribution in [0.5, 0.6) is 0 Å². The number of benzene rings is 2. The first kappa shape index (κ1) is 17.4. The van der Waals surface area contributed by atoms with Crippen molar-refractivity contribution >= 4 is 21.5 Å². The third kappa shape index (κ3) is 3.05. The summed E-state index contributed by atoms with van der Waals surface area (Å²) >= 11 is 0. The average Bonchev–Trinajstić information content (AvgIpc) is 2.73. The molecule has 22 heavy (non-hydrogen) atoms. The Morgan fingerprint density at radius 3 is 1.32 bits per heavy atom. The molecule has 1 heteroatoms. The van der Waals surface area contributed by atoms with Gasteiger partial charge in [-0.2, -0.15) is 0 Å². The number of fused-ring (bicyclic) bond motifs is 3. The maximum absolute atomic E-state index is 2.38. The fraction of sp³-hybridized carbons (Fsp3) is 0.381. The van der Waals surface area contributed by atoms with Crippen LogP contribution < -0.4 is 0 Å². The van der Waals surface area contributed by atoms with Gasteiger partial charge in [-0.15, -0.1) is 39.7 Å². The number of hydrogen-bond donors (Lipinski definition) is 0. The van der Waals surface area contributed by atoms with E-state index in [0.29, 0.717) is 0 Å². The first-order valence-corrected chi connectivity index (χ1v) is 7.80. The predicted molar refractivity (Wildman–Crippen MR) is 94.4 cm³/mol.